The standard InChI is InChI=1S/C19H28N2O4S/c1-4-7-20-17-21-16-11(8-15(24)25)18(2)6-5-14(23)19(3,10-22)13(18)9-12(16)26-17/h4,11,13-14,22-23H,1,5-10H2,2-3H3,(H,20,21)(H,24,25)/p-1/t11-,13+,14-,18+,19+/m1/s1. The van der Waals surface area contributed by atoms with Gasteiger partial charge in [-0.05, 0) is 37.0 Å². The van der Waals surface area contributed by atoms with Crippen molar-refractivity contribution in [3.05, 3.63) is 23.2 Å². The molecule has 0 saturated heterocycles. The van der Waals surface area contributed by atoms with Crippen LogP contribution in [0.25, 0.3) is 0 Å². The number of aliphatic hydroxyl groups excluding tert-OH is 2. The Hall–Kier alpha value is -1.44. The van der Waals surface area contributed by atoms with Crippen LogP contribution in [0.5, 0.6) is 0 Å². The van der Waals surface area contributed by atoms with Crippen LogP contribution in [0.15, 0.2) is 12.7 Å². The number of hydrogen-bond acceptors (Lipinski definition) is 7. The molecule has 0 aliphatic heterocycles. The normalized spacial score (nSPS) is 36.1. The molecule has 0 radical (unpaired) electrons. The van der Waals surface area contributed by atoms with E-state index in [0.717, 1.165) is 15.7 Å². The van der Waals surface area contributed by atoms with Crippen LogP contribution in [0.4, 0.5) is 5.13 Å². The summed E-state index contributed by atoms with van der Waals surface area (Å²) in [6, 6.07) is 0. The van der Waals surface area contributed by atoms with Crippen LogP contribution in [-0.2, 0) is 11.2 Å². The minimum absolute atomic E-state index is 0.0201. The zero-order valence-electron chi connectivity index (χ0n) is 15.3. The van der Waals surface area contributed by atoms with Crippen LogP contribution in [0.2, 0.25) is 0 Å². The van der Waals surface area contributed by atoms with Crippen LogP contribution in [0, 0.1) is 16.7 Å². The number of anilines is 1. The topological polar surface area (TPSA) is 106 Å². The minimum atomic E-state index is -1.09. The number of nitrogens with zero attached hydrogens (tertiary/aromatic N) is 1. The largest absolute Gasteiger partial charge is 0.550 e. The number of aliphatic hydroxyl groups is 2. The number of aliphatic carboxylic acids is 1. The van der Waals surface area contributed by atoms with E-state index < -0.39 is 17.5 Å². The molecule has 0 amide bonds. The van der Waals surface area contributed by atoms with Crippen LogP contribution in [0.3, 0.4) is 0 Å². The Bertz CT molecular complexity index is 706. The maximum atomic E-state index is 11.5. The van der Waals surface area contributed by atoms with Gasteiger partial charge in [-0.25, -0.2) is 4.98 Å². The van der Waals surface area contributed by atoms with E-state index in [1.807, 2.05) is 6.92 Å². The fourth-order valence-corrected chi connectivity index (χ4v) is 6.12. The summed E-state index contributed by atoms with van der Waals surface area (Å²) in [5.41, 5.74) is -0.178. The molecule has 0 spiro atoms. The molecule has 0 unspecified atom stereocenters. The van der Waals surface area contributed by atoms with E-state index in [1.54, 1.807) is 6.08 Å². The first kappa shape index (κ1) is 19.3. The van der Waals surface area contributed by atoms with Gasteiger partial charge in [0.1, 0.15) is 0 Å². The average Bonchev–Trinajstić information content (AvgIpc) is 3.01. The lowest BCUT2D eigenvalue weighted by atomic mass is 9.47. The molecule has 6 nitrogen and oxygen atoms in total. The fraction of sp³-hybridized carbons (Fsp3) is 0.684. The van der Waals surface area contributed by atoms with Crippen molar-refractivity contribution in [2.24, 2.45) is 16.7 Å². The van der Waals surface area contributed by atoms with Crippen molar-refractivity contribution in [1.29, 1.82) is 0 Å². The lowest BCUT2D eigenvalue weighted by Gasteiger charge is -2.58. The van der Waals surface area contributed by atoms with Crippen molar-refractivity contribution >= 4 is 22.4 Å². The molecule has 5 atom stereocenters. The molecule has 2 aliphatic rings. The van der Waals surface area contributed by atoms with Gasteiger partial charge >= 0.3 is 0 Å². The number of hydrogen-bond donors (Lipinski definition) is 3. The molecule has 144 valence electrons. The van der Waals surface area contributed by atoms with Gasteiger partial charge in [0.15, 0.2) is 5.13 Å². The van der Waals surface area contributed by atoms with E-state index in [0.29, 0.717) is 25.8 Å². The van der Waals surface area contributed by atoms with Gasteiger partial charge in [-0.1, -0.05) is 19.9 Å². The van der Waals surface area contributed by atoms with Crippen molar-refractivity contribution in [3.63, 3.8) is 0 Å². The highest BCUT2D eigenvalue weighted by Crippen LogP contribution is 2.62. The summed E-state index contributed by atoms with van der Waals surface area (Å²) in [4.78, 5) is 17.2. The molecule has 1 fully saturated rings. The Balaban J connectivity index is 2.08. The van der Waals surface area contributed by atoms with Gasteiger partial charge in [0, 0.05) is 28.7 Å². The van der Waals surface area contributed by atoms with Crippen molar-refractivity contribution < 1.29 is 20.1 Å². The monoisotopic (exact) mass is 379 g/mol. The zero-order chi connectivity index (χ0) is 19.1. The number of carbonyl (C=O) groups excluding carboxylic acids is 1. The molecule has 1 heterocycles. The van der Waals surface area contributed by atoms with Crippen molar-refractivity contribution in [1.82, 2.24) is 4.98 Å². The van der Waals surface area contributed by atoms with E-state index in [1.165, 1.54) is 11.3 Å². The predicted octanol–water partition coefficient (Wildman–Crippen LogP) is 1.30. The SMILES string of the molecule is C=CCNc1nc2c(s1)C[C@@H]1[C@](C)(CO)[C@H](O)CC[C@@]1(C)[C@@H]2CC(=O)[O-]. The minimum Gasteiger partial charge on any atom is -0.550 e. The lowest BCUT2D eigenvalue weighted by Crippen LogP contribution is -2.57. The number of fused-ring (bicyclic) bond motifs is 2. The highest BCUT2D eigenvalue weighted by atomic mass is 32.1. The number of aromatic nitrogens is 1. The van der Waals surface area contributed by atoms with Crippen molar-refractivity contribution in [2.75, 3.05) is 18.5 Å². The van der Waals surface area contributed by atoms with E-state index >= 15 is 0 Å². The second-order valence-electron chi connectivity index (χ2n) is 8.11. The molecule has 7 heteroatoms. The highest BCUT2D eigenvalue weighted by Gasteiger charge is 2.58. The summed E-state index contributed by atoms with van der Waals surface area (Å²) in [6.07, 6.45) is 3.01. The number of thiazole rings is 1. The van der Waals surface area contributed by atoms with Gasteiger partial charge in [-0.15, -0.1) is 17.9 Å². The third-order valence-electron chi connectivity index (χ3n) is 6.66. The van der Waals surface area contributed by atoms with Gasteiger partial charge in [0.2, 0.25) is 0 Å². The fourth-order valence-electron chi connectivity index (χ4n) is 5.05. The molecular formula is C19H27N2O4S-. The van der Waals surface area contributed by atoms with Gasteiger partial charge in [-0.2, -0.15) is 0 Å². The van der Waals surface area contributed by atoms with Gasteiger partial charge in [0.25, 0.3) is 0 Å². The van der Waals surface area contributed by atoms with Crippen LogP contribution in [-0.4, -0.2) is 40.4 Å². The van der Waals surface area contributed by atoms with Gasteiger partial charge in [-0.3, -0.25) is 0 Å². The average molecular weight is 380 g/mol. The van der Waals surface area contributed by atoms with Gasteiger partial charge < -0.3 is 25.4 Å². The van der Waals surface area contributed by atoms with Crippen LogP contribution in [0.1, 0.15) is 49.6 Å². The highest BCUT2D eigenvalue weighted by molar-refractivity contribution is 7.15. The summed E-state index contributed by atoms with van der Waals surface area (Å²) >= 11 is 1.53. The zero-order valence-corrected chi connectivity index (χ0v) is 16.1. The molecule has 3 rings (SSSR count). The number of nitrogens with one attached hydrogen (secondary N) is 1. The second kappa shape index (κ2) is 6.94. The van der Waals surface area contributed by atoms with E-state index in [2.05, 4.69) is 18.8 Å². The number of carboxylic acids is 1. The third kappa shape index (κ3) is 2.96. The maximum Gasteiger partial charge on any atom is 0.183 e. The molecule has 2 aliphatic carbocycles. The Morgan fingerprint density at radius 2 is 2.27 bits per heavy atom. The summed E-state index contributed by atoms with van der Waals surface area (Å²) in [5.74, 6) is -1.39. The Morgan fingerprint density at radius 3 is 2.88 bits per heavy atom. The predicted molar refractivity (Wildman–Crippen MR) is 98.9 cm³/mol. The van der Waals surface area contributed by atoms with Crippen molar-refractivity contribution in [2.45, 2.75) is 51.6 Å². The summed E-state index contributed by atoms with van der Waals surface area (Å²) < 4.78 is 0. The lowest BCUT2D eigenvalue weighted by molar-refractivity contribution is -0.307. The van der Waals surface area contributed by atoms with Gasteiger partial charge in [0.05, 0.1) is 18.4 Å². The maximum absolute atomic E-state index is 11.5. The number of rotatable bonds is 6. The molecule has 1 aromatic rings. The van der Waals surface area contributed by atoms with E-state index in [-0.39, 0.29) is 30.3 Å². The van der Waals surface area contributed by atoms with Crippen LogP contribution < -0.4 is 10.4 Å². The van der Waals surface area contributed by atoms with Crippen LogP contribution >= 0.6 is 11.3 Å². The molecular weight excluding hydrogens is 352 g/mol. The Labute approximate surface area is 158 Å². The second-order valence-corrected chi connectivity index (χ2v) is 9.19. The Morgan fingerprint density at radius 1 is 1.54 bits per heavy atom. The number of carboxylic acid groups (broad SMARTS) is 1. The third-order valence-corrected chi connectivity index (χ3v) is 7.71. The Kier molecular flexibility index (Phi) is 5.16. The quantitative estimate of drug-likeness (QED) is 0.644. The molecule has 0 aromatic carbocycles. The first-order valence-corrected chi connectivity index (χ1v) is 9.91. The molecule has 26 heavy (non-hydrogen) atoms. The molecule has 0 bridgehead atoms. The summed E-state index contributed by atoms with van der Waals surface area (Å²) in [5, 5.41) is 36.1. The smallest absolute Gasteiger partial charge is 0.183 e. The first-order chi connectivity index (χ1) is 12.3. The van der Waals surface area contributed by atoms with Crippen molar-refractivity contribution in [3.8, 4) is 0 Å². The first-order valence-electron chi connectivity index (χ1n) is 9.09. The van der Waals surface area contributed by atoms with E-state index in [9.17, 15) is 20.1 Å². The molecule has 1 saturated carbocycles. The summed E-state index contributed by atoms with van der Waals surface area (Å²) in [7, 11) is 0. The molecule has 1 aromatic heterocycles. The number of carbonyl (C=O) groups is 1. The van der Waals surface area contributed by atoms with E-state index in [4.69, 9.17) is 4.98 Å². The summed E-state index contributed by atoms with van der Waals surface area (Å²) in [6.45, 7) is 8.16. The molecule has 3 N–H and O–H groups in total.